The lowest BCUT2D eigenvalue weighted by Gasteiger charge is -2.28. The topological polar surface area (TPSA) is 36.3 Å². The van der Waals surface area contributed by atoms with Crippen LogP contribution in [0.4, 0.5) is 22.0 Å². The highest BCUT2D eigenvalue weighted by molar-refractivity contribution is 5.30. The molecule has 1 saturated heterocycles. The summed E-state index contributed by atoms with van der Waals surface area (Å²) in [5, 5.41) is 8.63. The monoisotopic (exact) mass is 292 g/mol. The van der Waals surface area contributed by atoms with Crippen LogP contribution in [0.15, 0.2) is 0 Å². The zero-order valence-electron chi connectivity index (χ0n) is 10.1. The first-order valence-electron chi connectivity index (χ1n) is 5.78. The number of hydrogen-bond donors (Lipinski definition) is 0. The molecule has 0 aromatic heterocycles. The summed E-state index contributed by atoms with van der Waals surface area (Å²) >= 11 is 0. The van der Waals surface area contributed by atoms with Crippen molar-refractivity contribution in [2.75, 3.05) is 13.1 Å². The van der Waals surface area contributed by atoms with E-state index in [1.807, 2.05) is 6.19 Å². The first kappa shape index (κ1) is 14.4. The lowest BCUT2D eigenvalue weighted by atomic mass is 10.1. The molecule has 1 aliphatic rings. The Balaban J connectivity index is 2.21. The molecule has 0 aliphatic carbocycles. The smallest absolute Gasteiger partial charge is 0.207 e. The van der Waals surface area contributed by atoms with Gasteiger partial charge in [-0.3, -0.25) is 0 Å². The minimum atomic E-state index is -2.22. The minimum Gasteiger partial charge on any atom is -0.484 e. The Morgan fingerprint density at radius 1 is 0.900 bits per heavy atom. The molecule has 1 aromatic carbocycles. The van der Waals surface area contributed by atoms with E-state index in [2.05, 4.69) is 0 Å². The third-order valence-electron chi connectivity index (χ3n) is 3.04. The molecule has 0 unspecified atom stereocenters. The van der Waals surface area contributed by atoms with E-state index >= 15 is 0 Å². The van der Waals surface area contributed by atoms with E-state index in [4.69, 9.17) is 10.00 Å². The average Bonchev–Trinajstić information content (AvgIpc) is 2.48. The predicted octanol–water partition coefficient (Wildman–Crippen LogP) is 2.71. The van der Waals surface area contributed by atoms with Crippen molar-refractivity contribution in [2.45, 2.75) is 18.9 Å². The number of hydrogen-bond acceptors (Lipinski definition) is 3. The van der Waals surface area contributed by atoms with Crippen molar-refractivity contribution in [1.82, 2.24) is 4.90 Å². The van der Waals surface area contributed by atoms with E-state index in [9.17, 15) is 22.0 Å². The van der Waals surface area contributed by atoms with E-state index in [1.165, 1.54) is 4.90 Å². The van der Waals surface area contributed by atoms with Gasteiger partial charge in [-0.2, -0.15) is 14.0 Å². The summed E-state index contributed by atoms with van der Waals surface area (Å²) in [4.78, 5) is 1.42. The maximum Gasteiger partial charge on any atom is 0.207 e. The van der Waals surface area contributed by atoms with E-state index in [-0.39, 0.29) is 12.8 Å². The lowest BCUT2D eigenvalue weighted by molar-refractivity contribution is 0.113. The Morgan fingerprint density at radius 3 is 1.80 bits per heavy atom. The first-order chi connectivity index (χ1) is 9.45. The van der Waals surface area contributed by atoms with Gasteiger partial charge in [0.15, 0.2) is 11.9 Å². The Labute approximate surface area is 111 Å². The standard InChI is InChI=1S/C12H9F5N2O/c13-7-8(14)10(16)12(11(17)9(7)15)20-6-1-3-19(5-18)4-2-6/h6H,1-4H2. The second-order valence-electron chi connectivity index (χ2n) is 4.30. The van der Waals surface area contributed by atoms with Gasteiger partial charge in [0.1, 0.15) is 6.10 Å². The average molecular weight is 292 g/mol. The molecule has 1 heterocycles. The van der Waals surface area contributed by atoms with Gasteiger partial charge in [0.2, 0.25) is 29.1 Å². The van der Waals surface area contributed by atoms with E-state index in [0.29, 0.717) is 13.1 Å². The molecule has 1 fully saturated rings. The molecule has 108 valence electrons. The van der Waals surface area contributed by atoms with E-state index in [0.717, 1.165) is 0 Å². The predicted molar refractivity (Wildman–Crippen MR) is 57.1 cm³/mol. The van der Waals surface area contributed by atoms with Gasteiger partial charge in [-0.1, -0.05) is 0 Å². The number of halogens is 5. The van der Waals surface area contributed by atoms with Crippen molar-refractivity contribution < 1.29 is 26.7 Å². The zero-order chi connectivity index (χ0) is 14.9. The fraction of sp³-hybridized carbons (Fsp3) is 0.417. The van der Waals surface area contributed by atoms with E-state index < -0.39 is 40.9 Å². The Bertz CT molecular complexity index is 535. The van der Waals surface area contributed by atoms with Gasteiger partial charge in [0, 0.05) is 25.9 Å². The van der Waals surface area contributed by atoms with Crippen LogP contribution in [0.2, 0.25) is 0 Å². The molecule has 0 amide bonds. The highest BCUT2D eigenvalue weighted by Crippen LogP contribution is 2.31. The van der Waals surface area contributed by atoms with Gasteiger partial charge in [0.25, 0.3) is 0 Å². The third-order valence-corrected chi connectivity index (χ3v) is 3.04. The van der Waals surface area contributed by atoms with Gasteiger partial charge < -0.3 is 9.64 Å². The largest absolute Gasteiger partial charge is 0.484 e. The number of rotatable bonds is 2. The quantitative estimate of drug-likeness (QED) is 0.364. The third kappa shape index (κ3) is 2.48. The zero-order valence-corrected chi connectivity index (χ0v) is 10.1. The summed E-state index contributed by atoms with van der Waals surface area (Å²) in [5.41, 5.74) is 0. The number of piperidine rings is 1. The molecule has 1 aliphatic heterocycles. The first-order valence-corrected chi connectivity index (χ1v) is 5.78. The number of nitrogens with zero attached hydrogens (tertiary/aromatic N) is 2. The Morgan fingerprint density at radius 2 is 1.35 bits per heavy atom. The molecule has 2 rings (SSSR count). The van der Waals surface area contributed by atoms with Crippen LogP contribution in [-0.4, -0.2) is 24.1 Å². The fourth-order valence-corrected chi connectivity index (χ4v) is 1.93. The number of nitriles is 1. The van der Waals surface area contributed by atoms with Gasteiger partial charge in [0.05, 0.1) is 0 Å². The molecular formula is C12H9F5N2O. The van der Waals surface area contributed by atoms with Crippen LogP contribution >= 0.6 is 0 Å². The molecule has 3 nitrogen and oxygen atoms in total. The molecule has 8 heteroatoms. The van der Waals surface area contributed by atoms with Crippen LogP contribution in [0.5, 0.6) is 5.75 Å². The highest BCUT2D eigenvalue weighted by atomic mass is 19.2. The molecule has 0 spiro atoms. The minimum absolute atomic E-state index is 0.257. The van der Waals surface area contributed by atoms with Crippen molar-refractivity contribution in [2.24, 2.45) is 0 Å². The van der Waals surface area contributed by atoms with Crippen LogP contribution in [0.25, 0.3) is 0 Å². The fourth-order valence-electron chi connectivity index (χ4n) is 1.93. The maximum atomic E-state index is 13.4. The van der Waals surface area contributed by atoms with Gasteiger partial charge in [-0.15, -0.1) is 0 Å². The van der Waals surface area contributed by atoms with Crippen LogP contribution in [0.1, 0.15) is 12.8 Å². The summed E-state index contributed by atoms with van der Waals surface area (Å²) in [6.07, 6.45) is 1.71. The Kier molecular flexibility index (Phi) is 3.97. The SMILES string of the molecule is N#CN1CCC(Oc2c(F)c(F)c(F)c(F)c2F)CC1. The van der Waals surface area contributed by atoms with Crippen molar-refractivity contribution in [1.29, 1.82) is 5.26 Å². The van der Waals surface area contributed by atoms with Crippen LogP contribution in [0.3, 0.4) is 0 Å². The van der Waals surface area contributed by atoms with Gasteiger partial charge in [-0.05, 0) is 0 Å². The molecule has 0 N–H and O–H groups in total. The highest BCUT2D eigenvalue weighted by Gasteiger charge is 2.29. The molecule has 0 atom stereocenters. The Hall–Kier alpha value is -2.04. The second-order valence-corrected chi connectivity index (χ2v) is 4.30. The van der Waals surface area contributed by atoms with Crippen molar-refractivity contribution in [3.05, 3.63) is 29.1 Å². The summed E-state index contributed by atoms with van der Waals surface area (Å²) in [6.45, 7) is 0.604. The second kappa shape index (κ2) is 5.53. The van der Waals surface area contributed by atoms with Gasteiger partial charge in [-0.25, -0.2) is 13.2 Å². The van der Waals surface area contributed by atoms with Crippen molar-refractivity contribution in [3.8, 4) is 11.9 Å². The number of ether oxygens (including phenoxy) is 1. The summed E-state index contributed by atoms with van der Waals surface area (Å²) in [6, 6.07) is 0. The maximum absolute atomic E-state index is 13.4. The van der Waals surface area contributed by atoms with Crippen LogP contribution in [-0.2, 0) is 0 Å². The normalized spacial score (nSPS) is 16.1. The summed E-state index contributed by atoms with van der Waals surface area (Å²) < 4.78 is 70.5. The van der Waals surface area contributed by atoms with Crippen molar-refractivity contribution >= 4 is 0 Å². The summed E-state index contributed by atoms with van der Waals surface area (Å²) in [5.74, 6) is -11.5. The molecule has 0 saturated carbocycles. The number of benzene rings is 1. The number of likely N-dealkylation sites (tertiary alicyclic amines) is 1. The molecule has 0 radical (unpaired) electrons. The molecular weight excluding hydrogens is 283 g/mol. The van der Waals surface area contributed by atoms with Gasteiger partial charge >= 0.3 is 0 Å². The van der Waals surface area contributed by atoms with Crippen LogP contribution < -0.4 is 4.74 Å². The van der Waals surface area contributed by atoms with Crippen molar-refractivity contribution in [3.63, 3.8) is 0 Å². The lowest BCUT2D eigenvalue weighted by Crippen LogP contribution is -2.35. The molecule has 20 heavy (non-hydrogen) atoms. The van der Waals surface area contributed by atoms with Crippen LogP contribution in [0, 0.1) is 40.5 Å². The molecule has 0 bridgehead atoms. The van der Waals surface area contributed by atoms with E-state index in [1.54, 1.807) is 0 Å². The molecule has 1 aromatic rings. The summed E-state index contributed by atoms with van der Waals surface area (Å²) in [7, 11) is 0.